The molecule has 0 N–H and O–H groups in total. The third-order valence-corrected chi connectivity index (χ3v) is 6.41. The number of hydrogen-bond donors (Lipinski definition) is 0. The maximum absolute atomic E-state index is 12.7. The van der Waals surface area contributed by atoms with E-state index in [2.05, 4.69) is 31.0 Å². The molecule has 1 atom stereocenters. The zero-order chi connectivity index (χ0) is 17.0. The highest BCUT2D eigenvalue weighted by Gasteiger charge is 2.34. The van der Waals surface area contributed by atoms with Crippen LogP contribution in [0.5, 0.6) is 0 Å². The number of rotatable bonds is 7. The summed E-state index contributed by atoms with van der Waals surface area (Å²) in [5, 5.41) is 8.27. The molecule has 0 unspecified atom stereocenters. The number of hydrogen-bond acceptors (Lipinski definition) is 4. The van der Waals surface area contributed by atoms with Gasteiger partial charge in [-0.2, -0.15) is 17.0 Å². The van der Waals surface area contributed by atoms with Gasteiger partial charge in [0.25, 0.3) is 10.2 Å². The molecule has 2 rings (SSSR count). The van der Waals surface area contributed by atoms with Gasteiger partial charge in [0.15, 0.2) is 0 Å². The third kappa shape index (κ3) is 4.10. The maximum Gasteiger partial charge on any atom is 0.281 e. The van der Waals surface area contributed by atoms with Crippen molar-refractivity contribution in [2.24, 2.45) is 0 Å². The zero-order valence-corrected chi connectivity index (χ0v) is 15.5. The molecule has 0 bridgehead atoms. The minimum atomic E-state index is -3.38. The Bertz CT molecular complexity index is 599. The lowest BCUT2D eigenvalue weighted by Crippen LogP contribution is -2.46. The third-order valence-electron chi connectivity index (χ3n) is 4.45. The van der Waals surface area contributed by atoms with E-state index < -0.39 is 10.2 Å². The van der Waals surface area contributed by atoms with Crippen LogP contribution in [0.2, 0.25) is 0 Å². The lowest BCUT2D eigenvalue weighted by Gasteiger charge is -2.34. The van der Waals surface area contributed by atoms with Crippen LogP contribution in [0.1, 0.15) is 64.2 Å². The molecule has 0 aliphatic carbocycles. The standard InChI is InChI=1S/C15H29N5O2S/c1-5-6-9-18(4)23(21,22)19-10-7-8-14(11-19)15-17-16-12-20(15)13(2)3/h12-14H,5-11H2,1-4H3/t14-/m0/s1. The highest BCUT2D eigenvalue weighted by Crippen LogP contribution is 2.29. The van der Waals surface area contributed by atoms with Gasteiger partial charge in [0.1, 0.15) is 12.2 Å². The van der Waals surface area contributed by atoms with Crippen LogP contribution in [0.15, 0.2) is 6.33 Å². The molecule has 7 nitrogen and oxygen atoms in total. The molecule has 1 fully saturated rings. The first-order valence-corrected chi connectivity index (χ1v) is 9.88. The molecule has 1 aromatic rings. The minimum absolute atomic E-state index is 0.114. The summed E-state index contributed by atoms with van der Waals surface area (Å²) in [6, 6.07) is 0.277. The van der Waals surface area contributed by atoms with Crippen LogP contribution >= 0.6 is 0 Å². The Labute approximate surface area is 139 Å². The lowest BCUT2D eigenvalue weighted by molar-refractivity contribution is 0.281. The van der Waals surface area contributed by atoms with Crippen molar-refractivity contribution in [3.8, 4) is 0 Å². The van der Waals surface area contributed by atoms with Gasteiger partial charge in [-0.1, -0.05) is 13.3 Å². The van der Waals surface area contributed by atoms with Gasteiger partial charge in [-0.05, 0) is 33.1 Å². The summed E-state index contributed by atoms with van der Waals surface area (Å²) in [5.41, 5.74) is 0. The topological polar surface area (TPSA) is 71.3 Å². The van der Waals surface area contributed by atoms with Crippen molar-refractivity contribution in [1.29, 1.82) is 0 Å². The summed E-state index contributed by atoms with van der Waals surface area (Å²) < 4.78 is 30.6. The van der Waals surface area contributed by atoms with Crippen LogP contribution < -0.4 is 0 Å². The Kier molecular flexibility index (Phi) is 6.16. The predicted molar refractivity (Wildman–Crippen MR) is 90.4 cm³/mol. The van der Waals surface area contributed by atoms with E-state index in [4.69, 9.17) is 0 Å². The van der Waals surface area contributed by atoms with Crippen molar-refractivity contribution in [3.05, 3.63) is 12.2 Å². The molecule has 0 spiro atoms. The molecule has 1 aliphatic rings. The summed E-state index contributed by atoms with van der Waals surface area (Å²) in [6.07, 6.45) is 5.42. The van der Waals surface area contributed by atoms with Crippen molar-refractivity contribution < 1.29 is 8.42 Å². The van der Waals surface area contributed by atoms with Crippen molar-refractivity contribution in [2.75, 3.05) is 26.7 Å². The van der Waals surface area contributed by atoms with Gasteiger partial charge >= 0.3 is 0 Å². The quantitative estimate of drug-likeness (QED) is 0.759. The SMILES string of the molecule is CCCCN(C)S(=O)(=O)N1CCC[C@H](c2nncn2C(C)C)C1. The average molecular weight is 343 g/mol. The fourth-order valence-electron chi connectivity index (χ4n) is 3.00. The summed E-state index contributed by atoms with van der Waals surface area (Å²) in [7, 11) is -1.71. The van der Waals surface area contributed by atoms with Gasteiger partial charge in [-0.25, -0.2) is 0 Å². The molecule has 0 amide bonds. The molecule has 8 heteroatoms. The summed E-state index contributed by atoms with van der Waals surface area (Å²) in [5.74, 6) is 1.01. The first-order chi connectivity index (χ1) is 10.9. The van der Waals surface area contributed by atoms with Crippen molar-refractivity contribution in [2.45, 2.75) is 58.4 Å². The van der Waals surface area contributed by atoms with E-state index in [0.717, 1.165) is 31.5 Å². The molecule has 0 saturated carbocycles. The van der Waals surface area contributed by atoms with Gasteiger partial charge in [0.05, 0.1) is 0 Å². The fraction of sp³-hybridized carbons (Fsp3) is 0.867. The van der Waals surface area contributed by atoms with Crippen LogP contribution in [0.25, 0.3) is 0 Å². The Morgan fingerprint density at radius 1 is 1.43 bits per heavy atom. The van der Waals surface area contributed by atoms with Crippen LogP contribution in [0, 0.1) is 0 Å². The summed E-state index contributed by atoms with van der Waals surface area (Å²) in [6.45, 7) is 7.89. The second kappa shape index (κ2) is 7.72. The van der Waals surface area contributed by atoms with E-state index in [-0.39, 0.29) is 12.0 Å². The number of aromatic nitrogens is 3. The molecule has 1 aliphatic heterocycles. The molecular weight excluding hydrogens is 314 g/mol. The van der Waals surface area contributed by atoms with Gasteiger partial charge in [0.2, 0.25) is 0 Å². The van der Waals surface area contributed by atoms with Crippen LogP contribution in [0.4, 0.5) is 0 Å². The van der Waals surface area contributed by atoms with Crippen LogP contribution in [-0.4, -0.2) is 58.5 Å². The molecule has 1 saturated heterocycles. The van der Waals surface area contributed by atoms with Gasteiger partial charge < -0.3 is 4.57 Å². The monoisotopic (exact) mass is 343 g/mol. The Morgan fingerprint density at radius 2 is 2.17 bits per heavy atom. The zero-order valence-electron chi connectivity index (χ0n) is 14.6. The van der Waals surface area contributed by atoms with E-state index >= 15 is 0 Å². The van der Waals surface area contributed by atoms with Crippen molar-refractivity contribution >= 4 is 10.2 Å². The second-order valence-electron chi connectivity index (χ2n) is 6.57. The first-order valence-electron chi connectivity index (χ1n) is 8.48. The molecular formula is C15H29N5O2S. The fourth-order valence-corrected chi connectivity index (χ4v) is 4.48. The van der Waals surface area contributed by atoms with E-state index in [1.54, 1.807) is 17.7 Å². The van der Waals surface area contributed by atoms with E-state index in [9.17, 15) is 8.42 Å². The van der Waals surface area contributed by atoms with Gasteiger partial charge in [0, 0.05) is 38.6 Å². The maximum atomic E-state index is 12.7. The molecule has 0 aromatic carbocycles. The van der Waals surface area contributed by atoms with Crippen molar-refractivity contribution in [3.63, 3.8) is 0 Å². The molecule has 2 heterocycles. The van der Waals surface area contributed by atoms with E-state index in [0.29, 0.717) is 19.6 Å². The van der Waals surface area contributed by atoms with Gasteiger partial charge in [-0.15, -0.1) is 10.2 Å². The molecule has 132 valence electrons. The lowest BCUT2D eigenvalue weighted by atomic mass is 9.98. The normalized spacial score (nSPS) is 20.5. The number of nitrogens with zero attached hydrogens (tertiary/aromatic N) is 5. The molecule has 1 aromatic heterocycles. The van der Waals surface area contributed by atoms with Crippen molar-refractivity contribution in [1.82, 2.24) is 23.4 Å². The minimum Gasteiger partial charge on any atom is -0.315 e. The largest absolute Gasteiger partial charge is 0.315 e. The van der Waals surface area contributed by atoms with E-state index in [1.807, 2.05) is 4.57 Å². The number of unbranched alkanes of at least 4 members (excludes halogenated alkanes) is 1. The first kappa shape index (κ1) is 18.4. The molecule has 0 radical (unpaired) electrons. The highest BCUT2D eigenvalue weighted by atomic mass is 32.2. The highest BCUT2D eigenvalue weighted by molar-refractivity contribution is 7.86. The summed E-state index contributed by atoms with van der Waals surface area (Å²) >= 11 is 0. The van der Waals surface area contributed by atoms with Gasteiger partial charge in [-0.3, -0.25) is 0 Å². The van der Waals surface area contributed by atoms with E-state index in [1.165, 1.54) is 4.31 Å². The Hall–Kier alpha value is -0.990. The number of piperidine rings is 1. The summed E-state index contributed by atoms with van der Waals surface area (Å²) in [4.78, 5) is 0. The van der Waals surface area contributed by atoms with Crippen LogP contribution in [-0.2, 0) is 10.2 Å². The second-order valence-corrected chi connectivity index (χ2v) is 8.61. The predicted octanol–water partition coefficient (Wildman–Crippen LogP) is 2.02. The van der Waals surface area contributed by atoms with Crippen LogP contribution in [0.3, 0.4) is 0 Å². The Morgan fingerprint density at radius 3 is 2.83 bits per heavy atom. The molecule has 23 heavy (non-hydrogen) atoms. The Balaban J connectivity index is 2.13. The smallest absolute Gasteiger partial charge is 0.281 e. The average Bonchev–Trinajstić information content (AvgIpc) is 3.02.